The minimum Gasteiger partial charge on any atom is -0.493 e. The number of nitrogens with one attached hydrogen (secondary N) is 1. The summed E-state index contributed by atoms with van der Waals surface area (Å²) >= 11 is 0. The van der Waals surface area contributed by atoms with E-state index in [2.05, 4.69) is 14.9 Å². The van der Waals surface area contributed by atoms with E-state index in [1.165, 1.54) is 13.4 Å². The smallest absolute Gasteiger partial charge is 0.258 e. The lowest BCUT2D eigenvalue weighted by molar-refractivity contribution is 0.00446. The molecule has 2 N–H and O–H groups in total. The molecular weight excluding hydrogens is 314 g/mol. The molecule has 1 aromatic carbocycles. The van der Waals surface area contributed by atoms with Crippen LogP contribution in [0.15, 0.2) is 23.3 Å². The minimum absolute atomic E-state index is 0.127. The fourth-order valence-electron chi connectivity index (χ4n) is 2.67. The van der Waals surface area contributed by atoms with E-state index in [0.717, 1.165) is 13.1 Å². The van der Waals surface area contributed by atoms with Crippen LogP contribution in [0.25, 0.3) is 10.9 Å². The lowest BCUT2D eigenvalue weighted by Gasteiger charge is -2.28. The molecule has 0 radical (unpaired) electrons. The summed E-state index contributed by atoms with van der Waals surface area (Å²) in [6, 6.07) is 3.23. The quantitative estimate of drug-likeness (QED) is 0.767. The van der Waals surface area contributed by atoms with Gasteiger partial charge in [-0.15, -0.1) is 0 Å². The molecule has 0 saturated carbocycles. The zero-order valence-electron chi connectivity index (χ0n) is 13.5. The molecule has 1 aliphatic rings. The van der Waals surface area contributed by atoms with Crippen LogP contribution < -0.4 is 15.0 Å². The highest BCUT2D eigenvalue weighted by Crippen LogP contribution is 2.30. The molecule has 0 spiro atoms. The minimum atomic E-state index is -0.629. The SMILES string of the molecule is COc1cc2c(=O)[nH]cnc2cc1OCC(O)CN1CCOCC1. The number of rotatable bonds is 6. The van der Waals surface area contributed by atoms with Crippen molar-refractivity contribution in [2.45, 2.75) is 6.10 Å². The maximum Gasteiger partial charge on any atom is 0.258 e. The Balaban J connectivity index is 1.68. The third-order valence-corrected chi connectivity index (χ3v) is 3.93. The highest BCUT2D eigenvalue weighted by Gasteiger charge is 2.17. The number of aromatic amines is 1. The van der Waals surface area contributed by atoms with Gasteiger partial charge in [0.2, 0.25) is 0 Å². The Hall–Kier alpha value is -2.16. The Bertz CT molecular complexity index is 742. The lowest BCUT2D eigenvalue weighted by atomic mass is 10.2. The maximum atomic E-state index is 11.8. The van der Waals surface area contributed by atoms with Crippen molar-refractivity contribution < 1.29 is 19.3 Å². The molecule has 0 aliphatic carbocycles. The van der Waals surface area contributed by atoms with E-state index in [9.17, 15) is 9.90 Å². The maximum absolute atomic E-state index is 11.8. The number of fused-ring (bicyclic) bond motifs is 1. The van der Waals surface area contributed by atoms with Gasteiger partial charge in [0.15, 0.2) is 11.5 Å². The Morgan fingerprint density at radius 1 is 1.38 bits per heavy atom. The number of hydrogen-bond acceptors (Lipinski definition) is 7. The molecule has 2 aromatic rings. The van der Waals surface area contributed by atoms with E-state index in [4.69, 9.17) is 14.2 Å². The molecule has 1 atom stereocenters. The molecule has 24 heavy (non-hydrogen) atoms. The summed E-state index contributed by atoms with van der Waals surface area (Å²) in [7, 11) is 1.50. The first-order chi connectivity index (χ1) is 11.7. The van der Waals surface area contributed by atoms with Crippen LogP contribution in [0.5, 0.6) is 11.5 Å². The lowest BCUT2D eigenvalue weighted by Crippen LogP contribution is -2.42. The Morgan fingerprint density at radius 2 is 2.17 bits per heavy atom. The van der Waals surface area contributed by atoms with Gasteiger partial charge in [0, 0.05) is 25.7 Å². The van der Waals surface area contributed by atoms with Crippen LogP contribution in [0, 0.1) is 0 Å². The molecule has 0 bridgehead atoms. The topological polar surface area (TPSA) is 96.9 Å². The van der Waals surface area contributed by atoms with E-state index >= 15 is 0 Å². The number of aromatic nitrogens is 2. The largest absolute Gasteiger partial charge is 0.493 e. The molecule has 8 nitrogen and oxygen atoms in total. The van der Waals surface area contributed by atoms with Crippen LogP contribution in [0.2, 0.25) is 0 Å². The molecule has 1 fully saturated rings. The number of methoxy groups -OCH3 is 1. The third kappa shape index (κ3) is 3.84. The summed E-state index contributed by atoms with van der Waals surface area (Å²) < 4.78 is 16.3. The first-order valence-electron chi connectivity index (χ1n) is 7.84. The number of benzene rings is 1. The normalized spacial score (nSPS) is 16.9. The second-order valence-corrected chi connectivity index (χ2v) is 5.63. The van der Waals surface area contributed by atoms with Gasteiger partial charge in [0.05, 0.1) is 37.6 Å². The van der Waals surface area contributed by atoms with Crippen LogP contribution >= 0.6 is 0 Å². The van der Waals surface area contributed by atoms with Gasteiger partial charge in [0.1, 0.15) is 12.7 Å². The van der Waals surface area contributed by atoms with Crippen LogP contribution in [0.4, 0.5) is 0 Å². The van der Waals surface area contributed by atoms with E-state index < -0.39 is 6.10 Å². The summed E-state index contributed by atoms with van der Waals surface area (Å²) in [5.41, 5.74) is 0.273. The molecule has 8 heteroatoms. The van der Waals surface area contributed by atoms with E-state index in [-0.39, 0.29) is 12.2 Å². The van der Waals surface area contributed by atoms with E-state index in [1.807, 2.05) is 0 Å². The van der Waals surface area contributed by atoms with Crippen molar-refractivity contribution in [2.75, 3.05) is 46.6 Å². The molecule has 1 saturated heterocycles. The number of H-pyrrole nitrogens is 1. The number of hydrogen-bond donors (Lipinski definition) is 2. The van der Waals surface area contributed by atoms with Gasteiger partial charge in [-0.1, -0.05) is 0 Å². The standard InChI is InChI=1S/C16H21N3O5/c1-22-14-6-12-13(17-10-18-16(12)21)7-15(14)24-9-11(20)8-19-2-4-23-5-3-19/h6-7,10-11,20H,2-5,8-9H2,1H3,(H,17,18,21). The number of ether oxygens (including phenoxy) is 3. The highest BCUT2D eigenvalue weighted by molar-refractivity contribution is 5.81. The van der Waals surface area contributed by atoms with Gasteiger partial charge < -0.3 is 24.3 Å². The zero-order chi connectivity index (χ0) is 16.9. The number of nitrogens with zero attached hydrogens (tertiary/aromatic N) is 2. The van der Waals surface area contributed by atoms with Crippen molar-refractivity contribution in [3.63, 3.8) is 0 Å². The molecular formula is C16H21N3O5. The highest BCUT2D eigenvalue weighted by atomic mass is 16.5. The summed E-state index contributed by atoms with van der Waals surface area (Å²) in [6.07, 6.45) is 0.712. The molecule has 2 heterocycles. The summed E-state index contributed by atoms with van der Waals surface area (Å²) in [5, 5.41) is 10.6. The average Bonchev–Trinajstić information content (AvgIpc) is 2.60. The molecule has 0 amide bonds. The number of aliphatic hydroxyl groups is 1. The van der Waals surface area contributed by atoms with Gasteiger partial charge in [-0.05, 0) is 6.07 Å². The summed E-state index contributed by atoms with van der Waals surface area (Å²) in [5.74, 6) is 0.878. The van der Waals surface area contributed by atoms with Gasteiger partial charge in [-0.25, -0.2) is 4.98 Å². The van der Waals surface area contributed by atoms with Crippen molar-refractivity contribution in [1.29, 1.82) is 0 Å². The number of morpholine rings is 1. The molecule has 1 unspecified atom stereocenters. The fraction of sp³-hybridized carbons (Fsp3) is 0.500. The second kappa shape index (κ2) is 7.61. The second-order valence-electron chi connectivity index (χ2n) is 5.63. The first kappa shape index (κ1) is 16.7. The summed E-state index contributed by atoms with van der Waals surface area (Å²) in [6.45, 7) is 3.64. The Labute approximate surface area is 139 Å². The number of aliphatic hydroxyl groups excluding tert-OH is 1. The van der Waals surface area contributed by atoms with Crippen LogP contribution in [-0.2, 0) is 4.74 Å². The van der Waals surface area contributed by atoms with Crippen LogP contribution in [0.1, 0.15) is 0 Å². The van der Waals surface area contributed by atoms with Gasteiger partial charge >= 0.3 is 0 Å². The van der Waals surface area contributed by atoms with Crippen LogP contribution in [-0.4, -0.2) is 72.6 Å². The summed E-state index contributed by atoms with van der Waals surface area (Å²) in [4.78, 5) is 20.6. The Morgan fingerprint density at radius 3 is 2.92 bits per heavy atom. The van der Waals surface area contributed by atoms with Crippen molar-refractivity contribution in [1.82, 2.24) is 14.9 Å². The predicted molar refractivity (Wildman–Crippen MR) is 87.7 cm³/mol. The molecule has 130 valence electrons. The fourth-order valence-corrected chi connectivity index (χ4v) is 2.67. The van der Waals surface area contributed by atoms with Crippen molar-refractivity contribution in [3.8, 4) is 11.5 Å². The van der Waals surface area contributed by atoms with E-state index in [0.29, 0.717) is 42.2 Å². The van der Waals surface area contributed by atoms with E-state index in [1.54, 1.807) is 12.1 Å². The first-order valence-corrected chi connectivity index (χ1v) is 7.84. The van der Waals surface area contributed by atoms with Crippen molar-refractivity contribution in [2.24, 2.45) is 0 Å². The van der Waals surface area contributed by atoms with Gasteiger partial charge in [0.25, 0.3) is 5.56 Å². The van der Waals surface area contributed by atoms with Crippen LogP contribution in [0.3, 0.4) is 0 Å². The Kier molecular flexibility index (Phi) is 5.29. The zero-order valence-corrected chi connectivity index (χ0v) is 13.5. The monoisotopic (exact) mass is 335 g/mol. The molecule has 3 rings (SSSR count). The predicted octanol–water partition coefficient (Wildman–Crippen LogP) is 0.00360. The number of β-amino-alcohol motifs (C(OH)–C–C–N with tert-alkyl or cyclic N) is 1. The third-order valence-electron chi connectivity index (χ3n) is 3.93. The van der Waals surface area contributed by atoms with Gasteiger partial charge in [-0.3, -0.25) is 9.69 Å². The molecule has 1 aromatic heterocycles. The molecule has 1 aliphatic heterocycles. The van der Waals surface area contributed by atoms with Crippen molar-refractivity contribution >= 4 is 10.9 Å². The van der Waals surface area contributed by atoms with Crippen molar-refractivity contribution in [3.05, 3.63) is 28.8 Å². The average molecular weight is 335 g/mol. The van der Waals surface area contributed by atoms with Gasteiger partial charge in [-0.2, -0.15) is 0 Å².